The molecule has 5 heteroatoms. The molecular weight excluding hydrogens is 238 g/mol. The second-order valence-electron chi connectivity index (χ2n) is 5.34. The maximum Gasteiger partial charge on any atom is 0.133 e. The molecule has 2 rings (SSSR count). The van der Waals surface area contributed by atoms with Crippen LogP contribution in [0.5, 0.6) is 0 Å². The van der Waals surface area contributed by atoms with Crippen LogP contribution in [0.1, 0.15) is 32.0 Å². The predicted molar refractivity (Wildman–Crippen MR) is 78.3 cm³/mol. The van der Waals surface area contributed by atoms with E-state index < -0.39 is 0 Å². The number of nitrogen functional groups attached to an aromatic ring is 1. The fraction of sp³-hybridized carbons (Fsp3) is 0.643. The molecule has 0 bridgehead atoms. The Kier molecular flexibility index (Phi) is 4.01. The fourth-order valence-corrected chi connectivity index (χ4v) is 2.60. The number of rotatable bonds is 3. The molecule has 0 aromatic carbocycles. The van der Waals surface area contributed by atoms with Gasteiger partial charge in [-0.1, -0.05) is 6.92 Å². The molecule has 1 aromatic rings. The summed E-state index contributed by atoms with van der Waals surface area (Å²) < 4.78 is 2.10. The smallest absolute Gasteiger partial charge is 0.133 e. The molecule has 1 aliphatic heterocycles. The lowest BCUT2D eigenvalue weighted by Crippen LogP contribution is -2.45. The molecular formula is C14H23N5. The zero-order valence-corrected chi connectivity index (χ0v) is 12.1. The number of piperazine rings is 1. The second-order valence-corrected chi connectivity index (χ2v) is 5.34. The van der Waals surface area contributed by atoms with Gasteiger partial charge in [-0.3, -0.25) is 0 Å². The second kappa shape index (κ2) is 5.54. The molecule has 1 saturated heterocycles. The molecule has 2 heterocycles. The van der Waals surface area contributed by atoms with Crippen LogP contribution in [0, 0.1) is 11.3 Å². The van der Waals surface area contributed by atoms with E-state index in [1.165, 1.54) is 0 Å². The summed E-state index contributed by atoms with van der Waals surface area (Å²) in [6, 6.07) is 4.36. The number of nitriles is 1. The van der Waals surface area contributed by atoms with Crippen LogP contribution in [0.25, 0.3) is 0 Å². The first kappa shape index (κ1) is 13.8. The van der Waals surface area contributed by atoms with Crippen LogP contribution in [-0.4, -0.2) is 42.7 Å². The van der Waals surface area contributed by atoms with Gasteiger partial charge in [0.15, 0.2) is 0 Å². The average Bonchev–Trinajstić information content (AvgIpc) is 2.75. The Hall–Kier alpha value is -1.67. The van der Waals surface area contributed by atoms with E-state index >= 15 is 0 Å². The average molecular weight is 261 g/mol. The van der Waals surface area contributed by atoms with Crippen molar-refractivity contribution in [3.63, 3.8) is 0 Å². The summed E-state index contributed by atoms with van der Waals surface area (Å²) >= 11 is 0. The van der Waals surface area contributed by atoms with E-state index in [0.29, 0.717) is 11.7 Å². The Morgan fingerprint density at radius 1 is 1.37 bits per heavy atom. The van der Waals surface area contributed by atoms with Crippen LogP contribution in [0.4, 0.5) is 11.5 Å². The Balaban J connectivity index is 2.39. The Morgan fingerprint density at radius 3 is 2.53 bits per heavy atom. The van der Waals surface area contributed by atoms with Crippen molar-refractivity contribution in [2.45, 2.75) is 26.3 Å². The normalized spacial score (nSPS) is 18.3. The van der Waals surface area contributed by atoms with Gasteiger partial charge >= 0.3 is 0 Å². The van der Waals surface area contributed by atoms with Crippen molar-refractivity contribution < 1.29 is 0 Å². The van der Waals surface area contributed by atoms with E-state index in [9.17, 15) is 5.26 Å². The fourth-order valence-electron chi connectivity index (χ4n) is 2.60. The lowest BCUT2D eigenvalue weighted by Gasteiger charge is -2.35. The molecule has 2 N–H and O–H groups in total. The zero-order chi connectivity index (χ0) is 14.0. The van der Waals surface area contributed by atoms with Crippen LogP contribution >= 0.6 is 0 Å². The number of aromatic nitrogens is 1. The maximum absolute atomic E-state index is 9.29. The summed E-state index contributed by atoms with van der Waals surface area (Å²) in [4.78, 5) is 4.62. The standard InChI is InChI=1S/C14H23N5/c1-4-11(2)19-12(10-15)9-13(16)14(19)18-7-5-17(3)6-8-18/h9,11H,4-8,16H2,1-3H3. The number of nitrogens with two attached hydrogens (primary N) is 1. The summed E-state index contributed by atoms with van der Waals surface area (Å²) in [5, 5.41) is 9.29. The number of nitrogens with zero attached hydrogens (tertiary/aromatic N) is 4. The van der Waals surface area contributed by atoms with Crippen molar-refractivity contribution in [2.75, 3.05) is 43.9 Å². The summed E-state index contributed by atoms with van der Waals surface area (Å²) in [5.74, 6) is 1.03. The third-order valence-electron chi connectivity index (χ3n) is 3.99. The van der Waals surface area contributed by atoms with Crippen molar-refractivity contribution in [2.24, 2.45) is 0 Å². The predicted octanol–water partition coefficient (Wildman–Crippen LogP) is 1.66. The van der Waals surface area contributed by atoms with Crippen molar-refractivity contribution in [3.8, 4) is 6.07 Å². The van der Waals surface area contributed by atoms with Crippen LogP contribution in [0.3, 0.4) is 0 Å². The van der Waals surface area contributed by atoms with Gasteiger partial charge in [0.25, 0.3) is 0 Å². The quantitative estimate of drug-likeness (QED) is 0.899. The Bertz CT molecular complexity index is 477. The van der Waals surface area contributed by atoms with Crippen LogP contribution < -0.4 is 10.6 Å². The molecule has 1 fully saturated rings. The van der Waals surface area contributed by atoms with E-state index in [0.717, 1.165) is 44.1 Å². The van der Waals surface area contributed by atoms with Crippen molar-refractivity contribution in [1.29, 1.82) is 5.26 Å². The van der Waals surface area contributed by atoms with E-state index in [1.807, 2.05) is 0 Å². The first-order chi connectivity index (χ1) is 9.08. The van der Waals surface area contributed by atoms with Gasteiger partial charge in [-0.25, -0.2) is 0 Å². The van der Waals surface area contributed by atoms with E-state index in [2.05, 4.69) is 41.3 Å². The van der Waals surface area contributed by atoms with Gasteiger partial charge < -0.3 is 20.1 Å². The molecule has 0 saturated carbocycles. The molecule has 5 nitrogen and oxygen atoms in total. The first-order valence-corrected chi connectivity index (χ1v) is 6.92. The summed E-state index contributed by atoms with van der Waals surface area (Å²) in [5.41, 5.74) is 7.54. The number of anilines is 2. The zero-order valence-electron chi connectivity index (χ0n) is 12.1. The molecule has 1 aliphatic rings. The minimum atomic E-state index is 0.293. The Morgan fingerprint density at radius 2 is 2.00 bits per heavy atom. The highest BCUT2D eigenvalue weighted by molar-refractivity contribution is 5.68. The Labute approximate surface area is 115 Å². The molecule has 0 amide bonds. The van der Waals surface area contributed by atoms with Gasteiger partial charge in [0, 0.05) is 32.2 Å². The van der Waals surface area contributed by atoms with Gasteiger partial charge in [0.05, 0.1) is 5.69 Å². The monoisotopic (exact) mass is 261 g/mol. The van der Waals surface area contributed by atoms with E-state index in [4.69, 9.17) is 5.73 Å². The summed E-state index contributed by atoms with van der Waals surface area (Å²) in [6.07, 6.45) is 0.990. The molecule has 0 radical (unpaired) electrons. The SMILES string of the molecule is CCC(C)n1c(C#N)cc(N)c1N1CCN(C)CC1. The largest absolute Gasteiger partial charge is 0.396 e. The molecule has 0 spiro atoms. The van der Waals surface area contributed by atoms with Gasteiger partial charge in [0.1, 0.15) is 17.6 Å². The summed E-state index contributed by atoms with van der Waals surface area (Å²) in [7, 11) is 2.13. The minimum Gasteiger partial charge on any atom is -0.396 e. The lowest BCUT2D eigenvalue weighted by atomic mass is 10.2. The van der Waals surface area contributed by atoms with Crippen LogP contribution in [0.2, 0.25) is 0 Å². The third-order valence-corrected chi connectivity index (χ3v) is 3.99. The van der Waals surface area contributed by atoms with E-state index in [1.54, 1.807) is 6.07 Å². The molecule has 19 heavy (non-hydrogen) atoms. The van der Waals surface area contributed by atoms with Gasteiger partial charge in [0.2, 0.25) is 0 Å². The lowest BCUT2D eigenvalue weighted by molar-refractivity contribution is 0.310. The minimum absolute atomic E-state index is 0.293. The first-order valence-electron chi connectivity index (χ1n) is 6.92. The topological polar surface area (TPSA) is 61.2 Å². The van der Waals surface area contributed by atoms with Gasteiger partial charge in [-0.2, -0.15) is 5.26 Å². The van der Waals surface area contributed by atoms with Gasteiger partial charge in [-0.15, -0.1) is 0 Å². The highest BCUT2D eigenvalue weighted by atomic mass is 15.3. The molecule has 0 aliphatic carbocycles. The molecule has 104 valence electrons. The van der Waals surface area contributed by atoms with Crippen molar-refractivity contribution in [3.05, 3.63) is 11.8 Å². The summed E-state index contributed by atoms with van der Waals surface area (Å²) in [6.45, 7) is 8.27. The maximum atomic E-state index is 9.29. The molecule has 1 unspecified atom stereocenters. The van der Waals surface area contributed by atoms with Crippen LogP contribution in [0.15, 0.2) is 6.07 Å². The van der Waals surface area contributed by atoms with Gasteiger partial charge in [-0.05, 0) is 26.5 Å². The van der Waals surface area contributed by atoms with E-state index in [-0.39, 0.29) is 0 Å². The van der Waals surface area contributed by atoms with Crippen LogP contribution in [-0.2, 0) is 0 Å². The highest BCUT2D eigenvalue weighted by Gasteiger charge is 2.24. The molecule has 1 aromatic heterocycles. The highest BCUT2D eigenvalue weighted by Crippen LogP contribution is 2.32. The number of hydrogen-bond donors (Lipinski definition) is 1. The molecule has 1 atom stereocenters. The third kappa shape index (κ3) is 2.54. The number of hydrogen-bond acceptors (Lipinski definition) is 4. The van der Waals surface area contributed by atoms with Crippen molar-refractivity contribution in [1.82, 2.24) is 9.47 Å². The number of likely N-dealkylation sites (N-methyl/N-ethyl adjacent to an activating group) is 1. The van der Waals surface area contributed by atoms with Crippen molar-refractivity contribution >= 4 is 11.5 Å².